The molecule has 0 aliphatic heterocycles. The van der Waals surface area contributed by atoms with Crippen molar-refractivity contribution in [1.82, 2.24) is 5.32 Å². The van der Waals surface area contributed by atoms with Crippen LogP contribution in [0.4, 0.5) is 0 Å². The van der Waals surface area contributed by atoms with E-state index in [4.69, 9.17) is 0 Å². The van der Waals surface area contributed by atoms with Gasteiger partial charge >= 0.3 is 0 Å². The lowest BCUT2D eigenvalue weighted by atomic mass is 10.1. The maximum Gasteiger partial charge on any atom is 0.200 e. The maximum absolute atomic E-state index is 9.95. The molecule has 1 atom stereocenters. The second kappa shape index (κ2) is 6.27. The Morgan fingerprint density at radius 2 is 1.60 bits per heavy atom. The Morgan fingerprint density at radius 3 is 2.30 bits per heavy atom. The Labute approximate surface area is 116 Å². The zero-order valence-corrected chi connectivity index (χ0v) is 10.8. The molecular weight excluding hydrogens is 258 g/mol. The lowest BCUT2D eigenvalue weighted by Gasteiger charge is -2.13. The first-order valence-electron chi connectivity index (χ1n) is 6.26. The number of aliphatic hydroxyl groups is 1. The first-order valence-corrected chi connectivity index (χ1v) is 6.26. The van der Waals surface area contributed by atoms with Crippen molar-refractivity contribution in [3.63, 3.8) is 0 Å². The molecule has 0 saturated carbocycles. The van der Waals surface area contributed by atoms with E-state index in [1.165, 1.54) is 12.1 Å². The summed E-state index contributed by atoms with van der Waals surface area (Å²) in [7, 11) is 0. The summed E-state index contributed by atoms with van der Waals surface area (Å²) in [5.41, 5.74) is 1.25. The number of aliphatic hydroxyl groups excluding tert-OH is 1. The van der Waals surface area contributed by atoms with Crippen molar-refractivity contribution in [3.05, 3.63) is 53.6 Å². The van der Waals surface area contributed by atoms with Crippen LogP contribution in [0.3, 0.4) is 0 Å². The Kier molecular flexibility index (Phi) is 4.45. The van der Waals surface area contributed by atoms with Crippen LogP contribution in [-0.4, -0.2) is 27.0 Å². The summed E-state index contributed by atoms with van der Waals surface area (Å²) in [4.78, 5) is 0. The van der Waals surface area contributed by atoms with Gasteiger partial charge < -0.3 is 25.7 Å². The van der Waals surface area contributed by atoms with E-state index in [0.29, 0.717) is 12.1 Å². The Hall–Kier alpha value is -2.24. The van der Waals surface area contributed by atoms with Gasteiger partial charge in [-0.15, -0.1) is 0 Å². The van der Waals surface area contributed by atoms with Crippen LogP contribution < -0.4 is 5.32 Å². The number of phenols is 3. The monoisotopic (exact) mass is 275 g/mol. The quantitative estimate of drug-likeness (QED) is 0.535. The zero-order valence-electron chi connectivity index (χ0n) is 10.8. The lowest BCUT2D eigenvalue weighted by Crippen LogP contribution is -2.21. The molecule has 0 fully saturated rings. The molecule has 0 radical (unpaired) electrons. The molecule has 0 aliphatic rings. The summed E-state index contributed by atoms with van der Waals surface area (Å²) in [5.74, 6) is -1.25. The van der Waals surface area contributed by atoms with E-state index in [1.54, 1.807) is 0 Å². The topological polar surface area (TPSA) is 93.0 Å². The zero-order chi connectivity index (χ0) is 14.5. The van der Waals surface area contributed by atoms with Gasteiger partial charge in [-0.05, 0) is 11.6 Å². The van der Waals surface area contributed by atoms with Gasteiger partial charge in [-0.3, -0.25) is 0 Å². The number of nitrogens with one attached hydrogen (secondary N) is 1. The normalized spacial score (nSPS) is 12.2. The van der Waals surface area contributed by atoms with Crippen molar-refractivity contribution in [2.45, 2.75) is 12.6 Å². The van der Waals surface area contributed by atoms with Crippen LogP contribution in [-0.2, 0) is 6.54 Å². The maximum atomic E-state index is 9.95. The van der Waals surface area contributed by atoms with Gasteiger partial charge in [0.25, 0.3) is 0 Å². The summed E-state index contributed by atoms with van der Waals surface area (Å²) in [6.07, 6.45) is -0.649. The molecule has 5 heteroatoms. The second-order valence-corrected chi connectivity index (χ2v) is 4.50. The molecule has 0 amide bonds. The number of phenolic OH excluding ortho intramolecular Hbond substituents is 3. The summed E-state index contributed by atoms with van der Waals surface area (Å²) < 4.78 is 0. The highest BCUT2D eigenvalue weighted by Gasteiger charge is 2.11. The third-order valence-electron chi connectivity index (χ3n) is 3.05. The van der Waals surface area contributed by atoms with Gasteiger partial charge in [0.05, 0.1) is 6.10 Å². The minimum atomic E-state index is -0.649. The summed E-state index contributed by atoms with van der Waals surface area (Å²) >= 11 is 0. The molecule has 106 valence electrons. The van der Waals surface area contributed by atoms with E-state index in [2.05, 4.69) is 5.32 Å². The van der Waals surface area contributed by atoms with Crippen LogP contribution in [0, 0.1) is 0 Å². The van der Waals surface area contributed by atoms with Crippen LogP contribution in [0.5, 0.6) is 17.2 Å². The predicted octanol–water partition coefficient (Wildman–Crippen LogP) is 1.63. The highest BCUT2D eigenvalue weighted by molar-refractivity contribution is 5.52. The second-order valence-electron chi connectivity index (χ2n) is 4.50. The molecule has 0 heterocycles. The molecule has 0 bridgehead atoms. The number of aromatic hydroxyl groups is 3. The molecule has 5 N–H and O–H groups in total. The van der Waals surface area contributed by atoms with Gasteiger partial charge in [0.15, 0.2) is 11.5 Å². The molecule has 0 spiro atoms. The highest BCUT2D eigenvalue weighted by atomic mass is 16.3. The largest absolute Gasteiger partial charge is 0.504 e. The summed E-state index contributed by atoms with van der Waals surface area (Å²) in [6.45, 7) is 0.578. The Balaban J connectivity index is 1.92. The van der Waals surface area contributed by atoms with Crippen molar-refractivity contribution < 1.29 is 20.4 Å². The van der Waals surface area contributed by atoms with Crippen molar-refractivity contribution >= 4 is 0 Å². The van der Waals surface area contributed by atoms with E-state index < -0.39 is 11.9 Å². The number of benzene rings is 2. The van der Waals surface area contributed by atoms with Gasteiger partial charge in [-0.1, -0.05) is 36.4 Å². The summed E-state index contributed by atoms with van der Waals surface area (Å²) in [5, 5.41) is 41.2. The van der Waals surface area contributed by atoms with Gasteiger partial charge in [-0.25, -0.2) is 0 Å². The molecule has 1 unspecified atom stereocenters. The van der Waals surface area contributed by atoms with Gasteiger partial charge in [0.2, 0.25) is 5.75 Å². The van der Waals surface area contributed by atoms with E-state index in [9.17, 15) is 20.4 Å². The molecule has 0 saturated heterocycles. The SMILES string of the molecule is Oc1ccc(CNCC(O)c2ccccc2)c(O)c1O. The predicted molar refractivity (Wildman–Crippen MR) is 74.5 cm³/mol. The molecular formula is C15H17NO4. The van der Waals surface area contributed by atoms with Crippen molar-refractivity contribution in [2.75, 3.05) is 6.54 Å². The minimum Gasteiger partial charge on any atom is -0.504 e. The van der Waals surface area contributed by atoms with Crippen molar-refractivity contribution in [2.24, 2.45) is 0 Å². The fourth-order valence-electron chi connectivity index (χ4n) is 1.89. The Morgan fingerprint density at radius 1 is 0.900 bits per heavy atom. The number of hydrogen-bond acceptors (Lipinski definition) is 5. The Bertz CT molecular complexity index is 572. The average Bonchev–Trinajstić information content (AvgIpc) is 2.48. The number of rotatable bonds is 5. The molecule has 2 rings (SSSR count). The first kappa shape index (κ1) is 14.2. The van der Waals surface area contributed by atoms with Crippen LogP contribution >= 0.6 is 0 Å². The third kappa shape index (κ3) is 3.20. The smallest absolute Gasteiger partial charge is 0.200 e. The molecule has 2 aromatic carbocycles. The standard InChI is InChI=1S/C15H17NO4/c17-12-7-6-11(14(19)15(12)20)8-16-9-13(18)10-4-2-1-3-5-10/h1-7,13,16-20H,8-9H2. The fourth-order valence-corrected chi connectivity index (χ4v) is 1.89. The molecule has 20 heavy (non-hydrogen) atoms. The number of hydrogen-bond donors (Lipinski definition) is 5. The van der Waals surface area contributed by atoms with Crippen molar-refractivity contribution in [3.8, 4) is 17.2 Å². The average molecular weight is 275 g/mol. The van der Waals surface area contributed by atoms with Crippen LogP contribution in [0.15, 0.2) is 42.5 Å². The van der Waals surface area contributed by atoms with Crippen LogP contribution in [0.2, 0.25) is 0 Å². The fraction of sp³-hybridized carbons (Fsp3) is 0.200. The van der Waals surface area contributed by atoms with Gasteiger partial charge in [-0.2, -0.15) is 0 Å². The van der Waals surface area contributed by atoms with E-state index in [1.807, 2.05) is 30.3 Å². The molecule has 0 aromatic heterocycles. The first-order chi connectivity index (χ1) is 9.59. The molecule has 5 nitrogen and oxygen atoms in total. The third-order valence-corrected chi connectivity index (χ3v) is 3.05. The van der Waals surface area contributed by atoms with E-state index in [0.717, 1.165) is 5.56 Å². The van der Waals surface area contributed by atoms with E-state index >= 15 is 0 Å². The highest BCUT2D eigenvalue weighted by Crippen LogP contribution is 2.36. The van der Waals surface area contributed by atoms with Gasteiger partial charge in [0.1, 0.15) is 0 Å². The van der Waals surface area contributed by atoms with Crippen LogP contribution in [0.1, 0.15) is 17.2 Å². The van der Waals surface area contributed by atoms with Crippen molar-refractivity contribution in [1.29, 1.82) is 0 Å². The van der Waals surface area contributed by atoms with Crippen LogP contribution in [0.25, 0.3) is 0 Å². The summed E-state index contributed by atoms with van der Waals surface area (Å²) in [6, 6.07) is 12.0. The van der Waals surface area contributed by atoms with Gasteiger partial charge in [0, 0.05) is 18.7 Å². The lowest BCUT2D eigenvalue weighted by molar-refractivity contribution is 0.174. The minimum absolute atomic E-state index is 0.267. The molecule has 2 aromatic rings. The van der Waals surface area contributed by atoms with E-state index in [-0.39, 0.29) is 18.0 Å². The molecule has 0 aliphatic carbocycles.